The van der Waals surface area contributed by atoms with Crippen molar-refractivity contribution < 1.29 is 0 Å². The zero-order chi connectivity index (χ0) is 8.72. The van der Waals surface area contributed by atoms with E-state index in [2.05, 4.69) is 5.32 Å². The normalized spacial score (nSPS) is 13.7. The summed E-state index contributed by atoms with van der Waals surface area (Å²) in [5.41, 5.74) is 3.35. The number of nitrogens with zero attached hydrogens (tertiary/aromatic N) is 1. The largest absolute Gasteiger partial charge is 0.314 e. The topological polar surface area (TPSA) is 34.0 Å². The summed E-state index contributed by atoms with van der Waals surface area (Å²) in [7, 11) is 1.83. The molecule has 0 spiro atoms. The van der Waals surface area contributed by atoms with E-state index in [9.17, 15) is 4.79 Å². The van der Waals surface area contributed by atoms with Gasteiger partial charge in [0.1, 0.15) is 0 Å². The molecule has 2 heterocycles. The molecular weight excluding hydrogens is 188 g/mol. The second-order valence-electron chi connectivity index (χ2n) is 3.27. The second-order valence-corrected chi connectivity index (χ2v) is 3.27. The maximum absolute atomic E-state index is 11.5. The monoisotopic (exact) mass is 200 g/mol. The molecule has 0 amide bonds. The summed E-state index contributed by atoms with van der Waals surface area (Å²) in [5, 5.41) is 3.22. The molecule has 1 N–H and O–H groups in total. The lowest BCUT2D eigenvalue weighted by atomic mass is 10.2. The predicted octanol–water partition coefficient (Wildman–Crippen LogP) is 0.719. The highest BCUT2D eigenvalue weighted by Crippen LogP contribution is 2.12. The summed E-state index contributed by atoms with van der Waals surface area (Å²) >= 11 is 0. The minimum absolute atomic E-state index is 0. The van der Waals surface area contributed by atoms with E-state index >= 15 is 0 Å². The second kappa shape index (κ2) is 3.52. The first-order valence-electron chi connectivity index (χ1n) is 4.09. The lowest BCUT2D eigenvalue weighted by Crippen LogP contribution is -2.22. The molecule has 0 bridgehead atoms. The molecule has 1 aromatic heterocycles. The van der Waals surface area contributed by atoms with E-state index in [-0.39, 0.29) is 18.0 Å². The number of aryl methyl sites for hydroxylation is 1. The van der Waals surface area contributed by atoms with Crippen molar-refractivity contribution in [1.82, 2.24) is 9.88 Å². The summed E-state index contributed by atoms with van der Waals surface area (Å²) in [6.07, 6.45) is 0. The van der Waals surface area contributed by atoms with Crippen molar-refractivity contribution in [1.29, 1.82) is 0 Å². The van der Waals surface area contributed by atoms with Crippen LogP contribution in [-0.2, 0) is 20.1 Å². The van der Waals surface area contributed by atoms with Gasteiger partial charge in [-0.3, -0.25) is 4.79 Å². The first kappa shape index (κ1) is 10.3. The van der Waals surface area contributed by atoms with Crippen molar-refractivity contribution in [3.8, 4) is 0 Å². The van der Waals surface area contributed by atoms with Crippen LogP contribution in [0.15, 0.2) is 10.9 Å². The molecule has 0 saturated carbocycles. The predicted molar refractivity (Wildman–Crippen MR) is 54.2 cm³/mol. The van der Waals surface area contributed by atoms with E-state index in [1.807, 2.05) is 20.0 Å². The van der Waals surface area contributed by atoms with Crippen LogP contribution in [0.5, 0.6) is 0 Å². The zero-order valence-corrected chi connectivity index (χ0v) is 8.57. The highest BCUT2D eigenvalue weighted by atomic mass is 35.5. The van der Waals surface area contributed by atoms with Gasteiger partial charge in [0, 0.05) is 31.4 Å². The maximum atomic E-state index is 11.5. The molecule has 1 aliphatic rings. The van der Waals surface area contributed by atoms with Crippen LogP contribution in [0.25, 0.3) is 0 Å². The third-order valence-electron chi connectivity index (χ3n) is 2.42. The van der Waals surface area contributed by atoms with Crippen LogP contribution in [0, 0.1) is 6.92 Å². The van der Waals surface area contributed by atoms with Crippen LogP contribution in [0.3, 0.4) is 0 Å². The lowest BCUT2D eigenvalue weighted by molar-refractivity contribution is 0.718. The van der Waals surface area contributed by atoms with E-state index < -0.39 is 0 Å². The van der Waals surface area contributed by atoms with Crippen LogP contribution < -0.4 is 10.9 Å². The molecule has 0 saturated heterocycles. The molecule has 1 aliphatic heterocycles. The van der Waals surface area contributed by atoms with Crippen molar-refractivity contribution >= 4 is 12.4 Å². The quantitative estimate of drug-likeness (QED) is 0.670. The third kappa shape index (κ3) is 1.49. The molecule has 0 radical (unpaired) electrons. The van der Waals surface area contributed by atoms with Crippen LogP contribution >= 0.6 is 12.4 Å². The van der Waals surface area contributed by atoms with Gasteiger partial charge in [0.05, 0.1) is 0 Å². The summed E-state index contributed by atoms with van der Waals surface area (Å²) < 4.78 is 1.74. The molecule has 2 rings (SSSR count). The number of hydrogen-bond donors (Lipinski definition) is 1. The van der Waals surface area contributed by atoms with Gasteiger partial charge < -0.3 is 9.88 Å². The van der Waals surface area contributed by atoms with Gasteiger partial charge in [0.2, 0.25) is 0 Å². The van der Waals surface area contributed by atoms with E-state index in [1.54, 1.807) is 4.57 Å². The Kier molecular flexibility index (Phi) is 2.78. The number of nitrogens with one attached hydrogen (secondary N) is 1. The fraction of sp³-hybridized carbons (Fsp3) is 0.444. The van der Waals surface area contributed by atoms with Crippen molar-refractivity contribution in [3.05, 3.63) is 33.2 Å². The number of pyridine rings is 1. The number of hydrogen-bond acceptors (Lipinski definition) is 2. The van der Waals surface area contributed by atoms with Gasteiger partial charge in [-0.1, -0.05) is 0 Å². The number of fused-ring (bicyclic) bond motifs is 1. The molecule has 3 nitrogen and oxygen atoms in total. The third-order valence-corrected chi connectivity index (χ3v) is 2.42. The first-order valence-corrected chi connectivity index (χ1v) is 4.09. The smallest absolute Gasteiger partial charge is 0.253 e. The molecule has 4 heteroatoms. The Bertz CT molecular complexity index is 384. The zero-order valence-electron chi connectivity index (χ0n) is 7.76. The van der Waals surface area contributed by atoms with Gasteiger partial charge in [0.25, 0.3) is 5.56 Å². The summed E-state index contributed by atoms with van der Waals surface area (Å²) in [5.74, 6) is 0. The van der Waals surface area contributed by atoms with Crippen LogP contribution in [0.2, 0.25) is 0 Å². The van der Waals surface area contributed by atoms with Crippen LogP contribution in [0.4, 0.5) is 0 Å². The highest BCUT2D eigenvalue weighted by molar-refractivity contribution is 5.85. The number of halogens is 1. The van der Waals surface area contributed by atoms with Gasteiger partial charge >= 0.3 is 0 Å². The average Bonchev–Trinajstić information content (AvgIpc) is 2.48. The van der Waals surface area contributed by atoms with Crippen molar-refractivity contribution in [3.63, 3.8) is 0 Å². The average molecular weight is 201 g/mol. The fourth-order valence-corrected chi connectivity index (χ4v) is 1.71. The first-order chi connectivity index (χ1) is 5.70. The number of rotatable bonds is 0. The Balaban J connectivity index is 0.000000845. The van der Waals surface area contributed by atoms with Gasteiger partial charge in [-0.05, 0) is 18.6 Å². The Labute approximate surface area is 83.2 Å². The fourth-order valence-electron chi connectivity index (χ4n) is 1.71. The lowest BCUT2D eigenvalue weighted by Gasteiger charge is -2.06. The molecule has 0 aliphatic carbocycles. The summed E-state index contributed by atoms with van der Waals surface area (Å²) in [6, 6.07) is 1.98. The minimum Gasteiger partial charge on any atom is -0.314 e. The molecule has 0 aromatic carbocycles. The number of aromatic nitrogens is 1. The minimum atomic E-state index is 0. The van der Waals surface area contributed by atoms with E-state index in [4.69, 9.17) is 0 Å². The van der Waals surface area contributed by atoms with Crippen molar-refractivity contribution in [2.75, 3.05) is 0 Å². The molecular formula is C9H13ClN2O. The van der Waals surface area contributed by atoms with E-state index in [1.165, 1.54) is 5.56 Å². The SMILES string of the molecule is Cc1cc2c(n(C)c1=O)CNC2.Cl. The van der Waals surface area contributed by atoms with Gasteiger partial charge in [-0.2, -0.15) is 0 Å². The van der Waals surface area contributed by atoms with E-state index in [0.29, 0.717) is 0 Å². The van der Waals surface area contributed by atoms with E-state index in [0.717, 1.165) is 24.3 Å². The Morgan fingerprint density at radius 2 is 2.15 bits per heavy atom. The Hall–Kier alpha value is -0.800. The molecule has 0 unspecified atom stereocenters. The van der Waals surface area contributed by atoms with Gasteiger partial charge in [-0.15, -0.1) is 12.4 Å². The van der Waals surface area contributed by atoms with Crippen LogP contribution in [0.1, 0.15) is 16.8 Å². The summed E-state index contributed by atoms with van der Waals surface area (Å²) in [6.45, 7) is 3.58. The van der Waals surface area contributed by atoms with Gasteiger partial charge in [-0.25, -0.2) is 0 Å². The molecule has 1 aromatic rings. The highest BCUT2D eigenvalue weighted by Gasteiger charge is 2.14. The Morgan fingerprint density at radius 1 is 1.46 bits per heavy atom. The standard InChI is InChI=1S/C9H12N2O.ClH/c1-6-3-7-4-10-5-8(7)11(2)9(6)12;/h3,10H,4-5H2,1-2H3;1H. The molecule has 0 atom stereocenters. The van der Waals surface area contributed by atoms with Crippen molar-refractivity contribution in [2.24, 2.45) is 7.05 Å². The maximum Gasteiger partial charge on any atom is 0.253 e. The molecule has 0 fully saturated rings. The summed E-state index contributed by atoms with van der Waals surface area (Å²) in [4.78, 5) is 11.5. The molecule has 13 heavy (non-hydrogen) atoms. The molecule has 72 valence electrons. The van der Waals surface area contributed by atoms with Gasteiger partial charge in [0.15, 0.2) is 0 Å². The van der Waals surface area contributed by atoms with Crippen molar-refractivity contribution in [2.45, 2.75) is 20.0 Å². The Morgan fingerprint density at radius 3 is 2.85 bits per heavy atom. The van der Waals surface area contributed by atoms with Crippen LogP contribution in [-0.4, -0.2) is 4.57 Å².